The van der Waals surface area contributed by atoms with Crippen molar-refractivity contribution >= 4 is 18.5 Å². The first-order chi connectivity index (χ1) is 9.45. The van der Waals surface area contributed by atoms with E-state index in [9.17, 15) is 4.79 Å². The van der Waals surface area contributed by atoms with Crippen LogP contribution >= 0.6 is 12.6 Å². The minimum atomic E-state index is 0.261. The Morgan fingerprint density at radius 2 is 1.60 bits per heavy atom. The standard InChI is InChI=1S/C17H33NOS/c1-17(2,3)15-13-16(19)18(14-15)11-9-7-5-4-6-8-10-12-20/h15,20H,4-14H2,1-3H3. The number of hydrogen-bond donors (Lipinski definition) is 1. The van der Waals surface area contributed by atoms with Crippen molar-refractivity contribution < 1.29 is 4.79 Å². The van der Waals surface area contributed by atoms with Gasteiger partial charge >= 0.3 is 0 Å². The Morgan fingerprint density at radius 1 is 1.05 bits per heavy atom. The number of rotatable bonds is 9. The predicted molar refractivity (Wildman–Crippen MR) is 90.3 cm³/mol. The summed E-state index contributed by atoms with van der Waals surface area (Å²) in [5, 5.41) is 0. The maximum absolute atomic E-state index is 12.0. The van der Waals surface area contributed by atoms with Gasteiger partial charge in [-0.3, -0.25) is 4.79 Å². The number of hydrogen-bond acceptors (Lipinski definition) is 2. The van der Waals surface area contributed by atoms with E-state index >= 15 is 0 Å². The second-order valence-electron chi connectivity index (χ2n) is 7.31. The summed E-state index contributed by atoms with van der Waals surface area (Å²) in [6, 6.07) is 0. The van der Waals surface area contributed by atoms with Gasteiger partial charge in [-0.15, -0.1) is 0 Å². The Kier molecular flexibility index (Phi) is 8.01. The van der Waals surface area contributed by atoms with E-state index in [1.54, 1.807) is 0 Å². The first-order valence-corrected chi connectivity index (χ1v) is 8.97. The Hall–Kier alpha value is -0.180. The molecule has 20 heavy (non-hydrogen) atoms. The molecule has 1 fully saturated rings. The maximum Gasteiger partial charge on any atom is 0.222 e. The van der Waals surface area contributed by atoms with Gasteiger partial charge in [0, 0.05) is 19.5 Å². The molecule has 1 unspecified atom stereocenters. The molecular formula is C17H33NOS. The number of likely N-dealkylation sites (tertiary alicyclic amines) is 1. The van der Waals surface area contributed by atoms with Crippen molar-refractivity contribution in [2.45, 2.75) is 72.1 Å². The molecule has 1 aliphatic heterocycles. The molecule has 1 saturated heterocycles. The van der Waals surface area contributed by atoms with Crippen LogP contribution < -0.4 is 0 Å². The third-order valence-corrected chi connectivity index (χ3v) is 4.84. The minimum Gasteiger partial charge on any atom is -0.342 e. The van der Waals surface area contributed by atoms with E-state index < -0.39 is 0 Å². The van der Waals surface area contributed by atoms with Gasteiger partial charge in [-0.05, 0) is 29.9 Å². The van der Waals surface area contributed by atoms with Gasteiger partial charge in [0.05, 0.1) is 0 Å². The van der Waals surface area contributed by atoms with E-state index in [2.05, 4.69) is 38.3 Å². The molecule has 3 heteroatoms. The average Bonchev–Trinajstić information content (AvgIpc) is 2.74. The fourth-order valence-electron chi connectivity index (χ4n) is 2.87. The molecule has 0 radical (unpaired) electrons. The highest BCUT2D eigenvalue weighted by Crippen LogP contribution is 2.34. The first kappa shape index (κ1) is 17.9. The van der Waals surface area contributed by atoms with Crippen molar-refractivity contribution in [2.24, 2.45) is 11.3 Å². The zero-order valence-corrected chi connectivity index (χ0v) is 14.6. The van der Waals surface area contributed by atoms with Gasteiger partial charge in [-0.1, -0.05) is 52.9 Å². The highest BCUT2D eigenvalue weighted by Gasteiger charge is 2.36. The van der Waals surface area contributed by atoms with Gasteiger partial charge in [0.2, 0.25) is 5.91 Å². The normalized spacial score (nSPS) is 19.9. The van der Waals surface area contributed by atoms with Crippen molar-refractivity contribution in [3.63, 3.8) is 0 Å². The molecule has 0 bridgehead atoms. The Morgan fingerprint density at radius 3 is 2.10 bits per heavy atom. The van der Waals surface area contributed by atoms with Gasteiger partial charge in [0.1, 0.15) is 0 Å². The second kappa shape index (κ2) is 8.96. The molecule has 0 aromatic rings. The third-order valence-electron chi connectivity index (χ3n) is 4.53. The van der Waals surface area contributed by atoms with Crippen LogP contribution in [0.2, 0.25) is 0 Å². The highest BCUT2D eigenvalue weighted by molar-refractivity contribution is 7.80. The summed E-state index contributed by atoms with van der Waals surface area (Å²) in [7, 11) is 0. The van der Waals surface area contributed by atoms with Crippen molar-refractivity contribution in [3.8, 4) is 0 Å². The molecule has 118 valence electrons. The van der Waals surface area contributed by atoms with Crippen LogP contribution in [0.15, 0.2) is 0 Å². The highest BCUT2D eigenvalue weighted by atomic mass is 32.1. The van der Waals surface area contributed by atoms with Crippen LogP contribution in [0.1, 0.15) is 72.1 Å². The largest absolute Gasteiger partial charge is 0.342 e. The lowest BCUT2D eigenvalue weighted by Gasteiger charge is -2.26. The fourth-order valence-corrected chi connectivity index (χ4v) is 3.09. The summed E-state index contributed by atoms with van der Waals surface area (Å²) in [6.45, 7) is 8.70. The summed E-state index contributed by atoms with van der Waals surface area (Å²) in [6.07, 6.45) is 9.77. The third kappa shape index (κ3) is 6.51. The van der Waals surface area contributed by atoms with Crippen LogP contribution in [0.3, 0.4) is 0 Å². The summed E-state index contributed by atoms with van der Waals surface area (Å²) < 4.78 is 0. The molecule has 0 saturated carbocycles. The Bertz CT molecular complexity index is 285. The fraction of sp³-hybridized carbons (Fsp3) is 0.941. The maximum atomic E-state index is 12.0. The number of unbranched alkanes of at least 4 members (excludes halogenated alkanes) is 6. The van der Waals surface area contributed by atoms with Crippen molar-refractivity contribution in [1.82, 2.24) is 4.90 Å². The van der Waals surface area contributed by atoms with E-state index in [1.165, 1.54) is 44.9 Å². The molecule has 1 amide bonds. The van der Waals surface area contributed by atoms with Crippen LogP contribution in [0.4, 0.5) is 0 Å². The number of carbonyl (C=O) groups is 1. The van der Waals surface area contributed by atoms with Crippen LogP contribution in [-0.2, 0) is 4.79 Å². The topological polar surface area (TPSA) is 20.3 Å². The Balaban J connectivity index is 2.06. The molecule has 0 aliphatic carbocycles. The number of carbonyl (C=O) groups excluding carboxylic acids is 1. The zero-order valence-electron chi connectivity index (χ0n) is 13.7. The molecule has 2 nitrogen and oxygen atoms in total. The van der Waals surface area contributed by atoms with Gasteiger partial charge < -0.3 is 4.90 Å². The number of nitrogens with zero attached hydrogens (tertiary/aromatic N) is 1. The van der Waals surface area contributed by atoms with E-state index in [0.717, 1.165) is 25.3 Å². The predicted octanol–water partition coefficient (Wildman–Crippen LogP) is 4.54. The van der Waals surface area contributed by atoms with Crippen LogP contribution in [0.5, 0.6) is 0 Å². The summed E-state index contributed by atoms with van der Waals surface area (Å²) >= 11 is 4.23. The Labute approximate surface area is 131 Å². The summed E-state index contributed by atoms with van der Waals surface area (Å²) in [5.74, 6) is 1.93. The lowest BCUT2D eigenvalue weighted by atomic mass is 9.80. The van der Waals surface area contributed by atoms with Crippen molar-refractivity contribution in [3.05, 3.63) is 0 Å². The number of thiol groups is 1. The van der Waals surface area contributed by atoms with Gasteiger partial charge in [0.25, 0.3) is 0 Å². The van der Waals surface area contributed by atoms with E-state index in [1.807, 2.05) is 0 Å². The summed E-state index contributed by atoms with van der Waals surface area (Å²) in [4.78, 5) is 14.1. The van der Waals surface area contributed by atoms with E-state index in [0.29, 0.717) is 11.8 Å². The quantitative estimate of drug-likeness (QED) is 0.489. The molecule has 0 aromatic carbocycles. The minimum absolute atomic E-state index is 0.261. The van der Waals surface area contributed by atoms with E-state index in [4.69, 9.17) is 0 Å². The van der Waals surface area contributed by atoms with Crippen molar-refractivity contribution in [1.29, 1.82) is 0 Å². The van der Waals surface area contributed by atoms with Gasteiger partial charge in [0.15, 0.2) is 0 Å². The van der Waals surface area contributed by atoms with Gasteiger partial charge in [-0.25, -0.2) is 0 Å². The molecule has 1 rings (SSSR count). The van der Waals surface area contributed by atoms with E-state index in [-0.39, 0.29) is 5.41 Å². The van der Waals surface area contributed by atoms with Gasteiger partial charge in [-0.2, -0.15) is 12.6 Å². The zero-order chi connectivity index (χ0) is 15.0. The smallest absolute Gasteiger partial charge is 0.222 e. The molecule has 0 spiro atoms. The van der Waals surface area contributed by atoms with Crippen LogP contribution in [0.25, 0.3) is 0 Å². The van der Waals surface area contributed by atoms with Crippen LogP contribution in [-0.4, -0.2) is 29.6 Å². The monoisotopic (exact) mass is 299 g/mol. The molecule has 0 N–H and O–H groups in total. The average molecular weight is 300 g/mol. The molecule has 0 aromatic heterocycles. The summed E-state index contributed by atoms with van der Waals surface area (Å²) in [5.41, 5.74) is 0.261. The molecular weight excluding hydrogens is 266 g/mol. The number of amides is 1. The molecule has 1 aliphatic rings. The second-order valence-corrected chi connectivity index (χ2v) is 7.75. The first-order valence-electron chi connectivity index (χ1n) is 8.34. The molecule has 1 atom stereocenters. The lowest BCUT2D eigenvalue weighted by molar-refractivity contribution is -0.127. The van der Waals surface area contributed by atoms with Crippen LogP contribution in [0, 0.1) is 11.3 Å². The van der Waals surface area contributed by atoms with Crippen molar-refractivity contribution in [2.75, 3.05) is 18.8 Å². The molecule has 1 heterocycles. The SMILES string of the molecule is CC(C)(C)C1CC(=O)N(CCCCCCCCCS)C1. The lowest BCUT2D eigenvalue weighted by Crippen LogP contribution is -2.28.